The van der Waals surface area contributed by atoms with E-state index in [0.717, 1.165) is 9.87 Å². The zero-order chi connectivity index (χ0) is 28.6. The van der Waals surface area contributed by atoms with Gasteiger partial charge in [-0.25, -0.2) is 8.42 Å². The third-order valence-corrected chi connectivity index (χ3v) is 7.96. The second-order valence-electron chi connectivity index (χ2n) is 8.52. The molecule has 0 aliphatic rings. The summed E-state index contributed by atoms with van der Waals surface area (Å²) in [4.78, 5) is 27.6. The van der Waals surface area contributed by atoms with Crippen LogP contribution in [0.25, 0.3) is 0 Å². The van der Waals surface area contributed by atoms with Crippen LogP contribution in [-0.2, 0) is 26.2 Å². The van der Waals surface area contributed by atoms with Gasteiger partial charge in [0.15, 0.2) is 11.5 Å². The molecule has 0 spiro atoms. The summed E-state index contributed by atoms with van der Waals surface area (Å²) < 4.78 is 44.6. The van der Waals surface area contributed by atoms with E-state index in [1.807, 2.05) is 0 Å². The first-order valence-electron chi connectivity index (χ1n) is 12.1. The van der Waals surface area contributed by atoms with Gasteiger partial charge in [0.2, 0.25) is 11.8 Å². The van der Waals surface area contributed by atoms with Crippen molar-refractivity contribution in [1.29, 1.82) is 0 Å². The van der Waals surface area contributed by atoms with Crippen molar-refractivity contribution in [2.45, 2.75) is 24.4 Å². The number of carbonyl (C=O) groups excluding carboxylic acids is 2. The minimum Gasteiger partial charge on any atom is -0.497 e. The van der Waals surface area contributed by atoms with Gasteiger partial charge < -0.3 is 24.4 Å². The summed E-state index contributed by atoms with van der Waals surface area (Å²) >= 11 is 0. The topological polar surface area (TPSA) is 114 Å². The van der Waals surface area contributed by atoms with Crippen molar-refractivity contribution in [3.05, 3.63) is 78.4 Å². The Hall–Kier alpha value is -4.25. The van der Waals surface area contributed by atoms with E-state index in [1.165, 1.54) is 44.4 Å². The van der Waals surface area contributed by atoms with Gasteiger partial charge in [0.25, 0.3) is 10.0 Å². The quantitative estimate of drug-likeness (QED) is 0.365. The molecule has 1 N–H and O–H groups in total. The van der Waals surface area contributed by atoms with Gasteiger partial charge in [-0.3, -0.25) is 13.9 Å². The van der Waals surface area contributed by atoms with E-state index in [1.54, 1.807) is 68.6 Å². The van der Waals surface area contributed by atoms with Gasteiger partial charge in [0.1, 0.15) is 18.3 Å². The number of sulfonamides is 1. The molecule has 3 aromatic carbocycles. The molecule has 208 valence electrons. The third kappa shape index (κ3) is 6.80. The predicted octanol–water partition coefficient (Wildman–Crippen LogP) is 3.07. The minimum absolute atomic E-state index is 0.0798. The highest BCUT2D eigenvalue weighted by molar-refractivity contribution is 7.92. The van der Waals surface area contributed by atoms with Gasteiger partial charge in [-0.2, -0.15) is 0 Å². The molecule has 1 atom stereocenters. The Labute approximate surface area is 229 Å². The van der Waals surface area contributed by atoms with E-state index in [4.69, 9.17) is 14.2 Å². The van der Waals surface area contributed by atoms with Crippen LogP contribution in [0.1, 0.15) is 12.5 Å². The second-order valence-corrected chi connectivity index (χ2v) is 10.4. The van der Waals surface area contributed by atoms with Gasteiger partial charge in [0.05, 0.1) is 31.9 Å². The van der Waals surface area contributed by atoms with Crippen LogP contribution < -0.4 is 23.8 Å². The van der Waals surface area contributed by atoms with Crippen molar-refractivity contribution in [3.8, 4) is 17.2 Å². The van der Waals surface area contributed by atoms with E-state index in [0.29, 0.717) is 11.5 Å². The summed E-state index contributed by atoms with van der Waals surface area (Å²) in [5.41, 5.74) is 1.03. The Morgan fingerprint density at radius 3 is 2.08 bits per heavy atom. The maximum absolute atomic E-state index is 13.9. The molecule has 3 rings (SSSR count). The van der Waals surface area contributed by atoms with E-state index >= 15 is 0 Å². The van der Waals surface area contributed by atoms with Gasteiger partial charge in [-0.15, -0.1) is 0 Å². The first-order valence-corrected chi connectivity index (χ1v) is 13.5. The molecule has 1 unspecified atom stereocenters. The molecule has 0 saturated carbocycles. The lowest BCUT2D eigenvalue weighted by Gasteiger charge is -2.31. The molecule has 0 aromatic heterocycles. The largest absolute Gasteiger partial charge is 0.497 e. The molecule has 39 heavy (non-hydrogen) atoms. The molecule has 10 nitrogen and oxygen atoms in total. The molecular weight excluding hydrogens is 522 g/mol. The van der Waals surface area contributed by atoms with Gasteiger partial charge in [-0.1, -0.05) is 30.3 Å². The van der Waals surface area contributed by atoms with E-state index in [9.17, 15) is 18.0 Å². The number of rotatable bonds is 12. The van der Waals surface area contributed by atoms with E-state index < -0.39 is 28.5 Å². The van der Waals surface area contributed by atoms with Crippen LogP contribution in [0, 0.1) is 0 Å². The Morgan fingerprint density at radius 1 is 0.872 bits per heavy atom. The molecule has 3 aromatic rings. The molecular formula is C28H33N3O7S. The number of benzene rings is 3. The summed E-state index contributed by atoms with van der Waals surface area (Å²) in [6.07, 6.45) is 0. The maximum Gasteiger partial charge on any atom is 0.264 e. The van der Waals surface area contributed by atoms with E-state index in [-0.39, 0.29) is 28.8 Å². The monoisotopic (exact) mass is 555 g/mol. The van der Waals surface area contributed by atoms with Crippen molar-refractivity contribution < 1.29 is 32.2 Å². The number of carbonyl (C=O) groups is 2. The molecule has 0 aliphatic carbocycles. The Balaban J connectivity index is 2.03. The summed E-state index contributed by atoms with van der Waals surface area (Å²) in [7, 11) is 1.65. The number of para-hydroxylation sites is 1. The minimum atomic E-state index is -4.24. The highest BCUT2D eigenvalue weighted by Crippen LogP contribution is 2.32. The Morgan fingerprint density at radius 2 is 1.51 bits per heavy atom. The number of amides is 2. The van der Waals surface area contributed by atoms with Crippen LogP contribution in [-0.4, -0.2) is 66.1 Å². The number of ether oxygens (including phenoxy) is 3. The lowest BCUT2D eigenvalue weighted by Crippen LogP contribution is -2.50. The van der Waals surface area contributed by atoms with Crippen LogP contribution in [0.3, 0.4) is 0 Å². The Bertz CT molecular complexity index is 1380. The highest BCUT2D eigenvalue weighted by atomic mass is 32.2. The fourth-order valence-corrected chi connectivity index (χ4v) is 5.38. The first kappa shape index (κ1) is 29.3. The van der Waals surface area contributed by atoms with Crippen LogP contribution in [0.2, 0.25) is 0 Å². The number of hydrogen-bond acceptors (Lipinski definition) is 7. The maximum atomic E-state index is 13.9. The average Bonchev–Trinajstić information content (AvgIpc) is 2.97. The van der Waals surface area contributed by atoms with Crippen molar-refractivity contribution in [2.24, 2.45) is 0 Å². The zero-order valence-electron chi connectivity index (χ0n) is 22.6. The van der Waals surface area contributed by atoms with Gasteiger partial charge >= 0.3 is 0 Å². The lowest BCUT2D eigenvalue weighted by molar-refractivity contribution is -0.139. The summed E-state index contributed by atoms with van der Waals surface area (Å²) in [6.45, 7) is 1.13. The molecule has 0 aliphatic heterocycles. The average molecular weight is 556 g/mol. The normalized spacial score (nSPS) is 11.7. The lowest BCUT2D eigenvalue weighted by atomic mass is 10.1. The van der Waals surface area contributed by atoms with Crippen molar-refractivity contribution in [1.82, 2.24) is 10.2 Å². The number of hydrogen-bond donors (Lipinski definition) is 1. The molecule has 0 saturated heterocycles. The number of nitrogens with zero attached hydrogens (tertiary/aromatic N) is 2. The fraction of sp³-hybridized carbons (Fsp3) is 0.286. The summed E-state index contributed by atoms with van der Waals surface area (Å²) in [5.74, 6) is 0.295. The number of likely N-dealkylation sites (N-methyl/N-ethyl adjacent to an activating group) is 1. The second kappa shape index (κ2) is 13.0. The summed E-state index contributed by atoms with van der Waals surface area (Å²) in [5, 5.41) is 2.56. The van der Waals surface area contributed by atoms with Crippen LogP contribution in [0.5, 0.6) is 17.2 Å². The molecule has 11 heteroatoms. The number of nitrogens with one attached hydrogen (secondary N) is 1. The molecule has 0 fully saturated rings. The SMILES string of the molecule is CNC(=O)C(C)N(Cc1ccc(OC)cc1)C(=O)CN(c1ccccc1)S(=O)(=O)c1ccc(OC)c(OC)c1. The van der Waals surface area contributed by atoms with Gasteiger partial charge in [0, 0.05) is 19.7 Å². The molecule has 0 radical (unpaired) electrons. The fourth-order valence-electron chi connectivity index (χ4n) is 3.95. The van der Waals surface area contributed by atoms with Crippen molar-refractivity contribution in [2.75, 3.05) is 39.2 Å². The van der Waals surface area contributed by atoms with Crippen LogP contribution in [0.4, 0.5) is 5.69 Å². The van der Waals surface area contributed by atoms with Crippen LogP contribution in [0.15, 0.2) is 77.7 Å². The van der Waals surface area contributed by atoms with Crippen LogP contribution >= 0.6 is 0 Å². The Kier molecular flexibility index (Phi) is 9.78. The van der Waals surface area contributed by atoms with Crippen molar-refractivity contribution in [3.63, 3.8) is 0 Å². The zero-order valence-corrected chi connectivity index (χ0v) is 23.4. The predicted molar refractivity (Wildman–Crippen MR) is 148 cm³/mol. The van der Waals surface area contributed by atoms with Gasteiger partial charge in [-0.05, 0) is 48.9 Å². The number of methoxy groups -OCH3 is 3. The van der Waals surface area contributed by atoms with Crippen molar-refractivity contribution >= 4 is 27.5 Å². The molecule has 0 heterocycles. The number of anilines is 1. The smallest absolute Gasteiger partial charge is 0.264 e. The first-order chi connectivity index (χ1) is 18.7. The standard InChI is InChI=1S/C28H33N3O7S/c1-20(28(33)29-2)30(18-21-11-13-23(36-3)14-12-21)27(32)19-31(22-9-7-6-8-10-22)39(34,35)24-15-16-25(37-4)26(17-24)38-5/h6-17,20H,18-19H2,1-5H3,(H,29,33). The summed E-state index contributed by atoms with van der Waals surface area (Å²) in [6, 6.07) is 18.7. The molecule has 2 amide bonds. The third-order valence-electron chi connectivity index (χ3n) is 6.19. The molecule has 0 bridgehead atoms. The highest BCUT2D eigenvalue weighted by Gasteiger charge is 2.32. The van der Waals surface area contributed by atoms with E-state index in [2.05, 4.69) is 5.32 Å².